The zero-order chi connectivity index (χ0) is 9.84. The largest absolute Gasteiger partial charge is 0.308 e. The van der Waals surface area contributed by atoms with Gasteiger partial charge in [-0.3, -0.25) is 5.01 Å². The first-order valence-corrected chi connectivity index (χ1v) is 4.69. The van der Waals surface area contributed by atoms with E-state index in [-0.39, 0.29) is 6.04 Å². The van der Waals surface area contributed by atoms with Crippen LogP contribution in [0.15, 0.2) is 5.10 Å². The number of likely N-dealkylation sites (N-methyl/N-ethyl adjacent to an activating group) is 1. The highest BCUT2D eigenvalue weighted by Crippen LogP contribution is 2.16. The molecule has 1 rings (SSSR count). The summed E-state index contributed by atoms with van der Waals surface area (Å²) in [5, 5.41) is 6.00. The Morgan fingerprint density at radius 1 is 1.69 bits per heavy atom. The second-order valence-corrected chi connectivity index (χ2v) is 3.74. The van der Waals surface area contributed by atoms with Gasteiger partial charge in [0.15, 0.2) is 0 Å². The standard InChI is InChI=1S/C9H18FN3/c1-8(10)9-4-5-11-13(9)7-6-12(2)3/h5,8-9H,4,6-7H2,1-3H3/t8-,9?/m1/s1. The highest BCUT2D eigenvalue weighted by molar-refractivity contribution is 5.60. The van der Waals surface area contributed by atoms with E-state index in [0.717, 1.165) is 19.5 Å². The van der Waals surface area contributed by atoms with Crippen molar-refractivity contribution in [2.75, 3.05) is 27.2 Å². The Bertz CT molecular complexity index is 180. The van der Waals surface area contributed by atoms with Gasteiger partial charge in [-0.2, -0.15) is 5.10 Å². The van der Waals surface area contributed by atoms with Crippen LogP contribution in [0.4, 0.5) is 4.39 Å². The van der Waals surface area contributed by atoms with E-state index in [4.69, 9.17) is 0 Å². The second kappa shape index (κ2) is 4.56. The third-order valence-electron chi connectivity index (χ3n) is 2.27. The molecule has 4 heteroatoms. The van der Waals surface area contributed by atoms with E-state index in [0.29, 0.717) is 0 Å². The van der Waals surface area contributed by atoms with Crippen molar-refractivity contribution in [3.8, 4) is 0 Å². The number of alkyl halides is 1. The molecule has 0 fully saturated rings. The lowest BCUT2D eigenvalue weighted by atomic mass is 10.1. The quantitative estimate of drug-likeness (QED) is 0.653. The van der Waals surface area contributed by atoms with Crippen LogP contribution in [0.5, 0.6) is 0 Å². The van der Waals surface area contributed by atoms with Gasteiger partial charge in [-0.25, -0.2) is 4.39 Å². The van der Waals surface area contributed by atoms with Crippen LogP contribution >= 0.6 is 0 Å². The molecule has 0 saturated heterocycles. The fraction of sp³-hybridized carbons (Fsp3) is 0.889. The lowest BCUT2D eigenvalue weighted by Crippen LogP contribution is -2.37. The molecule has 0 bridgehead atoms. The highest BCUT2D eigenvalue weighted by Gasteiger charge is 2.25. The van der Waals surface area contributed by atoms with E-state index in [1.54, 1.807) is 13.1 Å². The number of hydrazone groups is 1. The van der Waals surface area contributed by atoms with Crippen LogP contribution in [-0.2, 0) is 0 Å². The van der Waals surface area contributed by atoms with Gasteiger partial charge >= 0.3 is 0 Å². The van der Waals surface area contributed by atoms with Crippen molar-refractivity contribution >= 4 is 6.21 Å². The summed E-state index contributed by atoms with van der Waals surface area (Å²) in [4.78, 5) is 2.08. The van der Waals surface area contributed by atoms with E-state index < -0.39 is 6.17 Å². The SMILES string of the molecule is C[C@@H](F)C1CC=NN1CCN(C)C. The van der Waals surface area contributed by atoms with Crippen LogP contribution < -0.4 is 0 Å². The van der Waals surface area contributed by atoms with Gasteiger partial charge < -0.3 is 4.90 Å². The lowest BCUT2D eigenvalue weighted by molar-refractivity contribution is 0.134. The Balaban J connectivity index is 2.35. The molecular weight excluding hydrogens is 169 g/mol. The zero-order valence-corrected chi connectivity index (χ0v) is 8.57. The summed E-state index contributed by atoms with van der Waals surface area (Å²) in [6.45, 7) is 3.32. The van der Waals surface area contributed by atoms with Gasteiger partial charge in [0.25, 0.3) is 0 Å². The minimum Gasteiger partial charge on any atom is -0.308 e. The van der Waals surface area contributed by atoms with Crippen LogP contribution in [-0.4, -0.2) is 55.5 Å². The third kappa shape index (κ3) is 2.95. The van der Waals surface area contributed by atoms with E-state index in [1.165, 1.54) is 0 Å². The topological polar surface area (TPSA) is 18.8 Å². The monoisotopic (exact) mass is 187 g/mol. The van der Waals surface area contributed by atoms with E-state index >= 15 is 0 Å². The molecule has 3 nitrogen and oxygen atoms in total. The van der Waals surface area contributed by atoms with Crippen LogP contribution in [0.3, 0.4) is 0 Å². The first kappa shape index (κ1) is 10.4. The Labute approximate surface area is 79.2 Å². The number of hydrogen-bond donors (Lipinski definition) is 0. The molecule has 0 radical (unpaired) electrons. The van der Waals surface area contributed by atoms with Gasteiger partial charge in [-0.05, 0) is 21.0 Å². The van der Waals surface area contributed by atoms with Crippen molar-refractivity contribution in [1.82, 2.24) is 9.91 Å². The molecule has 13 heavy (non-hydrogen) atoms. The summed E-state index contributed by atoms with van der Waals surface area (Å²) in [7, 11) is 4.02. The number of halogens is 1. The summed E-state index contributed by atoms with van der Waals surface area (Å²) in [6.07, 6.45) is 1.74. The Hall–Kier alpha value is -0.640. The normalized spacial score (nSPS) is 24.4. The van der Waals surface area contributed by atoms with Crippen molar-refractivity contribution in [2.24, 2.45) is 5.10 Å². The van der Waals surface area contributed by atoms with Gasteiger partial charge in [0, 0.05) is 25.7 Å². The molecule has 76 valence electrons. The molecule has 0 aromatic rings. The van der Waals surface area contributed by atoms with Crippen LogP contribution in [0.1, 0.15) is 13.3 Å². The second-order valence-electron chi connectivity index (χ2n) is 3.74. The minimum absolute atomic E-state index is 0.0417. The fourth-order valence-corrected chi connectivity index (χ4v) is 1.42. The molecule has 1 unspecified atom stereocenters. The first-order chi connectivity index (χ1) is 6.11. The van der Waals surface area contributed by atoms with Crippen molar-refractivity contribution in [1.29, 1.82) is 0 Å². The minimum atomic E-state index is -0.801. The smallest absolute Gasteiger partial charge is 0.120 e. The summed E-state index contributed by atoms with van der Waals surface area (Å²) < 4.78 is 13.0. The molecule has 1 aliphatic rings. The van der Waals surface area contributed by atoms with Gasteiger partial charge in [-0.15, -0.1) is 0 Å². The molecule has 1 aliphatic heterocycles. The number of nitrogens with zero attached hydrogens (tertiary/aromatic N) is 3. The van der Waals surface area contributed by atoms with Gasteiger partial charge in [0.05, 0.1) is 6.04 Å². The average molecular weight is 187 g/mol. The average Bonchev–Trinajstić information content (AvgIpc) is 2.47. The first-order valence-electron chi connectivity index (χ1n) is 4.69. The maximum absolute atomic E-state index is 13.0. The lowest BCUT2D eigenvalue weighted by Gasteiger charge is -2.25. The predicted molar refractivity (Wildman–Crippen MR) is 52.7 cm³/mol. The molecule has 0 aromatic heterocycles. The number of rotatable bonds is 4. The van der Waals surface area contributed by atoms with Crippen molar-refractivity contribution in [3.63, 3.8) is 0 Å². The van der Waals surface area contributed by atoms with Gasteiger partial charge in [0.2, 0.25) is 0 Å². The summed E-state index contributed by atoms with van der Waals surface area (Å²) in [5.74, 6) is 0. The Kier molecular flexibility index (Phi) is 3.66. The van der Waals surface area contributed by atoms with Crippen LogP contribution in [0.2, 0.25) is 0 Å². The summed E-state index contributed by atoms with van der Waals surface area (Å²) in [5.41, 5.74) is 0. The molecule has 0 N–H and O–H groups in total. The fourth-order valence-electron chi connectivity index (χ4n) is 1.42. The highest BCUT2D eigenvalue weighted by atomic mass is 19.1. The molecule has 0 saturated carbocycles. The zero-order valence-electron chi connectivity index (χ0n) is 8.57. The van der Waals surface area contributed by atoms with E-state index in [9.17, 15) is 4.39 Å². The maximum atomic E-state index is 13.0. The third-order valence-corrected chi connectivity index (χ3v) is 2.27. The Morgan fingerprint density at radius 2 is 2.38 bits per heavy atom. The molecular formula is C9H18FN3. The van der Waals surface area contributed by atoms with E-state index in [2.05, 4.69) is 10.0 Å². The van der Waals surface area contributed by atoms with Crippen molar-refractivity contribution in [3.05, 3.63) is 0 Å². The maximum Gasteiger partial charge on any atom is 0.120 e. The molecule has 0 aromatic carbocycles. The molecule has 1 heterocycles. The molecule has 2 atom stereocenters. The van der Waals surface area contributed by atoms with Gasteiger partial charge in [-0.1, -0.05) is 0 Å². The predicted octanol–water partition coefficient (Wildman–Crippen LogP) is 0.966. The van der Waals surface area contributed by atoms with E-state index in [1.807, 2.05) is 19.1 Å². The van der Waals surface area contributed by atoms with Crippen molar-refractivity contribution in [2.45, 2.75) is 25.6 Å². The molecule has 0 spiro atoms. The summed E-state index contributed by atoms with van der Waals surface area (Å²) >= 11 is 0. The van der Waals surface area contributed by atoms with Crippen molar-refractivity contribution < 1.29 is 4.39 Å². The van der Waals surface area contributed by atoms with Crippen LogP contribution in [0.25, 0.3) is 0 Å². The molecule has 0 aliphatic carbocycles. The number of hydrogen-bond acceptors (Lipinski definition) is 3. The van der Waals surface area contributed by atoms with Crippen LogP contribution in [0, 0.1) is 0 Å². The Morgan fingerprint density at radius 3 is 2.92 bits per heavy atom. The summed E-state index contributed by atoms with van der Waals surface area (Å²) in [6, 6.07) is -0.0417. The van der Waals surface area contributed by atoms with Gasteiger partial charge in [0.1, 0.15) is 6.17 Å². The molecule has 0 amide bonds.